The summed E-state index contributed by atoms with van der Waals surface area (Å²) in [5.41, 5.74) is 5.66. The lowest BCUT2D eigenvalue weighted by Crippen LogP contribution is -2.39. The Kier molecular flexibility index (Phi) is 4.89. The number of aromatic nitrogens is 1. The van der Waals surface area contributed by atoms with Gasteiger partial charge in [0.2, 0.25) is 0 Å². The van der Waals surface area contributed by atoms with Crippen LogP contribution in [0.15, 0.2) is 0 Å². The van der Waals surface area contributed by atoms with Crippen molar-refractivity contribution in [3.05, 3.63) is 0 Å². The molecule has 0 aliphatic carbocycles. The average Bonchev–Trinajstić information content (AvgIpc) is 2.55. The van der Waals surface area contributed by atoms with Crippen molar-refractivity contribution in [2.45, 2.75) is 46.0 Å². The van der Waals surface area contributed by atoms with Crippen molar-refractivity contribution in [3.63, 3.8) is 0 Å². The molecule has 0 spiro atoms. The summed E-state index contributed by atoms with van der Waals surface area (Å²) in [5.74, 6) is 0.361. The third-order valence-electron chi connectivity index (χ3n) is 2.24. The van der Waals surface area contributed by atoms with Gasteiger partial charge in [-0.3, -0.25) is 0 Å². The molecule has 0 fully saturated rings. The Bertz CT molecular complexity index is 418. The molecular formula is C11H18F3N3OS. The summed E-state index contributed by atoms with van der Waals surface area (Å²) < 4.78 is 47.2. The van der Waals surface area contributed by atoms with Crippen LogP contribution >= 0.6 is 11.5 Å². The molecule has 110 valence electrons. The number of anilines is 2. The summed E-state index contributed by atoms with van der Waals surface area (Å²) in [7, 11) is 0. The van der Waals surface area contributed by atoms with E-state index < -0.39 is 12.7 Å². The number of alkyl halides is 3. The Morgan fingerprint density at radius 2 is 1.89 bits per heavy atom. The topological polar surface area (TPSA) is 51.4 Å². The number of nitrogens with two attached hydrogens (primary N) is 1. The maximum atomic E-state index is 12.6. The van der Waals surface area contributed by atoms with E-state index in [2.05, 4.69) is 4.37 Å². The summed E-state index contributed by atoms with van der Waals surface area (Å²) in [6, 6.07) is -0.337. The fourth-order valence-corrected chi connectivity index (χ4v) is 2.38. The van der Waals surface area contributed by atoms with Crippen LogP contribution in [-0.2, 0) is 0 Å². The van der Waals surface area contributed by atoms with Gasteiger partial charge in [-0.05, 0) is 39.2 Å². The molecule has 0 amide bonds. The van der Waals surface area contributed by atoms with Crippen LogP contribution in [0.2, 0.25) is 0 Å². The van der Waals surface area contributed by atoms with Crippen molar-refractivity contribution in [3.8, 4) is 5.75 Å². The lowest BCUT2D eigenvalue weighted by Gasteiger charge is -2.29. The van der Waals surface area contributed by atoms with Crippen molar-refractivity contribution in [1.82, 2.24) is 4.37 Å². The summed E-state index contributed by atoms with van der Waals surface area (Å²) in [5, 5.41) is 0.318. The highest BCUT2D eigenvalue weighted by molar-refractivity contribution is 7.11. The van der Waals surface area contributed by atoms with Crippen LogP contribution in [-0.4, -0.2) is 29.2 Å². The number of hydrogen-bond donors (Lipinski definition) is 1. The van der Waals surface area contributed by atoms with Crippen LogP contribution in [0, 0.1) is 0 Å². The second-order valence-corrected chi connectivity index (χ2v) is 5.46. The molecule has 1 heterocycles. The second-order valence-electron chi connectivity index (χ2n) is 4.71. The first-order chi connectivity index (χ1) is 8.61. The number of nitrogens with zero attached hydrogens (tertiary/aromatic N) is 2. The maximum Gasteiger partial charge on any atom is 0.405 e. The molecule has 1 aromatic rings. The van der Waals surface area contributed by atoms with Crippen molar-refractivity contribution in [2.24, 2.45) is 0 Å². The first-order valence-electron chi connectivity index (χ1n) is 5.87. The molecule has 0 aromatic carbocycles. The Labute approximate surface area is 114 Å². The largest absolute Gasteiger partial charge is 0.484 e. The van der Waals surface area contributed by atoms with Crippen LogP contribution < -0.4 is 15.4 Å². The molecule has 0 atom stereocenters. The number of rotatable bonds is 5. The highest BCUT2D eigenvalue weighted by atomic mass is 32.1. The van der Waals surface area contributed by atoms with Gasteiger partial charge in [-0.25, -0.2) is 0 Å². The van der Waals surface area contributed by atoms with Gasteiger partial charge in [0.05, 0.1) is 6.10 Å². The predicted octanol–water partition coefficient (Wildman–Crippen LogP) is 3.29. The lowest BCUT2D eigenvalue weighted by molar-refractivity contribution is -0.120. The van der Waals surface area contributed by atoms with Crippen LogP contribution in [0.25, 0.3) is 0 Å². The van der Waals surface area contributed by atoms with E-state index in [1.165, 1.54) is 4.90 Å². The van der Waals surface area contributed by atoms with Gasteiger partial charge in [0, 0.05) is 6.04 Å². The van der Waals surface area contributed by atoms with Gasteiger partial charge in [-0.1, -0.05) is 0 Å². The van der Waals surface area contributed by atoms with Gasteiger partial charge in [-0.2, -0.15) is 17.5 Å². The molecule has 0 bridgehead atoms. The Morgan fingerprint density at radius 3 is 2.32 bits per heavy atom. The van der Waals surface area contributed by atoms with Gasteiger partial charge in [0.15, 0.2) is 16.6 Å². The lowest BCUT2D eigenvalue weighted by atomic mass is 10.3. The van der Waals surface area contributed by atoms with E-state index in [1.807, 2.05) is 0 Å². The minimum Gasteiger partial charge on any atom is -0.484 e. The number of ether oxygens (including phenoxy) is 1. The normalized spacial score (nSPS) is 12.3. The second kappa shape index (κ2) is 5.85. The molecule has 1 aromatic heterocycles. The zero-order chi connectivity index (χ0) is 14.8. The Morgan fingerprint density at radius 1 is 1.32 bits per heavy atom. The van der Waals surface area contributed by atoms with Gasteiger partial charge >= 0.3 is 6.18 Å². The zero-order valence-corrected chi connectivity index (χ0v) is 12.1. The summed E-state index contributed by atoms with van der Waals surface area (Å²) in [6.45, 7) is 5.87. The predicted molar refractivity (Wildman–Crippen MR) is 70.8 cm³/mol. The summed E-state index contributed by atoms with van der Waals surface area (Å²) in [6.07, 6.45) is -4.48. The number of halogens is 3. The first kappa shape index (κ1) is 15.9. The third kappa shape index (κ3) is 4.45. The molecule has 0 saturated carbocycles. The highest BCUT2D eigenvalue weighted by Crippen LogP contribution is 2.40. The fraction of sp³-hybridized carbons (Fsp3) is 0.727. The van der Waals surface area contributed by atoms with Crippen molar-refractivity contribution >= 4 is 22.4 Å². The van der Waals surface area contributed by atoms with Crippen LogP contribution in [0.5, 0.6) is 5.75 Å². The van der Waals surface area contributed by atoms with Crippen molar-refractivity contribution < 1.29 is 17.9 Å². The van der Waals surface area contributed by atoms with Crippen LogP contribution in [0.1, 0.15) is 27.7 Å². The smallest absolute Gasteiger partial charge is 0.405 e. The van der Waals surface area contributed by atoms with E-state index in [1.54, 1.807) is 27.7 Å². The third-order valence-corrected chi connectivity index (χ3v) is 3.13. The van der Waals surface area contributed by atoms with E-state index in [-0.39, 0.29) is 23.7 Å². The van der Waals surface area contributed by atoms with Gasteiger partial charge in [-0.15, -0.1) is 0 Å². The van der Waals surface area contributed by atoms with E-state index in [9.17, 15) is 13.2 Å². The fourth-order valence-electron chi connectivity index (χ4n) is 1.50. The average molecular weight is 297 g/mol. The SMILES string of the molecule is CC(C)Oc1c(N)nsc1N(CC(F)(F)F)C(C)C. The molecule has 2 N–H and O–H groups in total. The molecule has 1 rings (SSSR count). The van der Waals surface area contributed by atoms with Crippen molar-refractivity contribution in [1.29, 1.82) is 0 Å². The van der Waals surface area contributed by atoms with Crippen LogP contribution in [0.4, 0.5) is 24.0 Å². The molecule has 19 heavy (non-hydrogen) atoms. The monoisotopic (exact) mass is 297 g/mol. The van der Waals surface area contributed by atoms with Gasteiger partial charge in [0.25, 0.3) is 0 Å². The van der Waals surface area contributed by atoms with E-state index in [4.69, 9.17) is 10.5 Å². The first-order valence-corrected chi connectivity index (χ1v) is 6.64. The zero-order valence-electron chi connectivity index (χ0n) is 11.3. The number of nitrogen functional groups attached to an aromatic ring is 1. The van der Waals surface area contributed by atoms with Gasteiger partial charge < -0.3 is 15.4 Å². The molecule has 0 unspecified atom stereocenters. The number of hydrogen-bond acceptors (Lipinski definition) is 5. The van der Waals surface area contributed by atoms with Crippen molar-refractivity contribution in [2.75, 3.05) is 17.2 Å². The minimum absolute atomic E-state index is 0.126. The van der Waals surface area contributed by atoms with Gasteiger partial charge in [0.1, 0.15) is 6.54 Å². The molecule has 8 heteroatoms. The maximum absolute atomic E-state index is 12.6. The van der Waals surface area contributed by atoms with E-state index >= 15 is 0 Å². The molecule has 0 aliphatic rings. The Balaban J connectivity index is 3.09. The highest BCUT2D eigenvalue weighted by Gasteiger charge is 2.34. The van der Waals surface area contributed by atoms with E-state index in [0.29, 0.717) is 5.00 Å². The minimum atomic E-state index is -4.29. The standard InChI is InChI=1S/C11H18F3N3OS/c1-6(2)17(5-11(12,13)14)10-8(18-7(3)4)9(15)16-19-10/h6-7H,5H2,1-4H3,(H2,15,16). The Hall–Kier alpha value is -1.18. The molecule has 0 saturated heterocycles. The van der Waals surface area contributed by atoms with E-state index in [0.717, 1.165) is 11.5 Å². The molecule has 0 radical (unpaired) electrons. The quantitative estimate of drug-likeness (QED) is 0.906. The van der Waals surface area contributed by atoms with Crippen LogP contribution in [0.3, 0.4) is 0 Å². The molecular weight excluding hydrogens is 279 g/mol. The molecule has 4 nitrogen and oxygen atoms in total. The summed E-state index contributed by atoms with van der Waals surface area (Å²) >= 11 is 0.921. The molecule has 0 aliphatic heterocycles. The summed E-state index contributed by atoms with van der Waals surface area (Å²) in [4.78, 5) is 1.20.